The fourth-order valence-electron chi connectivity index (χ4n) is 3.22. The number of hydrogen-bond donors (Lipinski definition) is 3. The first-order chi connectivity index (χ1) is 13.3. The van der Waals surface area contributed by atoms with Gasteiger partial charge in [0.05, 0.1) is 5.52 Å². The zero-order chi connectivity index (χ0) is 20.3. The number of benzene rings is 2. The second-order valence-electron chi connectivity index (χ2n) is 7.39. The lowest BCUT2D eigenvalue weighted by atomic mass is 9.80. The van der Waals surface area contributed by atoms with Gasteiger partial charge in [0.15, 0.2) is 0 Å². The smallest absolute Gasteiger partial charge is 0.256 e. The maximum Gasteiger partial charge on any atom is 0.256 e. The summed E-state index contributed by atoms with van der Waals surface area (Å²) in [5, 5.41) is 24.0. The van der Waals surface area contributed by atoms with Crippen LogP contribution in [0.1, 0.15) is 41.8 Å². The van der Waals surface area contributed by atoms with Gasteiger partial charge in [-0.25, -0.2) is 0 Å². The third-order valence-corrected chi connectivity index (χ3v) is 5.20. The van der Waals surface area contributed by atoms with E-state index in [4.69, 9.17) is 11.6 Å². The molecule has 3 rings (SSSR count). The number of halogens is 1. The number of rotatable bonds is 6. The summed E-state index contributed by atoms with van der Waals surface area (Å²) < 4.78 is 0. The van der Waals surface area contributed by atoms with Gasteiger partial charge in [-0.1, -0.05) is 49.7 Å². The summed E-state index contributed by atoms with van der Waals surface area (Å²) in [7, 11) is 0. The largest absolute Gasteiger partial charge is 0.506 e. The van der Waals surface area contributed by atoms with Crippen LogP contribution in [-0.4, -0.2) is 27.7 Å². The van der Waals surface area contributed by atoms with Crippen molar-refractivity contribution in [3.8, 4) is 5.75 Å². The molecule has 0 bridgehead atoms. The first-order valence-corrected chi connectivity index (χ1v) is 9.46. The molecule has 2 aromatic carbocycles. The molecule has 0 saturated heterocycles. The van der Waals surface area contributed by atoms with E-state index >= 15 is 0 Å². The van der Waals surface area contributed by atoms with Crippen LogP contribution in [0.2, 0.25) is 5.02 Å². The van der Waals surface area contributed by atoms with E-state index in [0.717, 1.165) is 11.1 Å². The van der Waals surface area contributed by atoms with Crippen molar-refractivity contribution in [1.82, 2.24) is 10.3 Å². The molecule has 0 atom stereocenters. The van der Waals surface area contributed by atoms with Gasteiger partial charge in [0.25, 0.3) is 5.91 Å². The number of carbonyl (C=O) groups is 1. The van der Waals surface area contributed by atoms with Crippen molar-refractivity contribution < 1.29 is 15.0 Å². The highest BCUT2D eigenvalue weighted by Gasteiger charge is 2.25. The Bertz CT molecular complexity index is 1000. The zero-order valence-electron chi connectivity index (χ0n) is 15.9. The van der Waals surface area contributed by atoms with Gasteiger partial charge < -0.3 is 15.5 Å². The maximum absolute atomic E-state index is 12.6. The summed E-state index contributed by atoms with van der Waals surface area (Å²) in [6.07, 6.45) is 1.96. The van der Waals surface area contributed by atoms with Gasteiger partial charge in [0.2, 0.25) is 0 Å². The molecule has 3 N–H and O–H groups in total. The Labute approximate surface area is 169 Å². The molecule has 0 aliphatic rings. The summed E-state index contributed by atoms with van der Waals surface area (Å²) in [5.74, 6) is -0.498. The van der Waals surface area contributed by atoms with Crippen LogP contribution in [-0.2, 0) is 12.0 Å². The molecule has 6 heteroatoms. The molecule has 0 saturated carbocycles. The predicted molar refractivity (Wildman–Crippen MR) is 111 cm³/mol. The van der Waals surface area contributed by atoms with Crippen LogP contribution in [0.25, 0.3) is 10.9 Å². The van der Waals surface area contributed by atoms with Crippen LogP contribution in [0, 0.1) is 0 Å². The first-order valence-electron chi connectivity index (χ1n) is 9.08. The minimum Gasteiger partial charge on any atom is -0.506 e. The third-order valence-electron chi connectivity index (χ3n) is 4.95. The van der Waals surface area contributed by atoms with Gasteiger partial charge in [0, 0.05) is 29.8 Å². The molecular formula is C22H23ClN2O3. The second-order valence-corrected chi connectivity index (χ2v) is 7.83. The highest BCUT2D eigenvalue weighted by molar-refractivity contribution is 6.30. The molecule has 0 aliphatic heterocycles. The average Bonchev–Trinajstić information content (AvgIpc) is 2.67. The molecule has 146 valence electrons. The van der Waals surface area contributed by atoms with Crippen LogP contribution in [0.5, 0.6) is 5.75 Å². The van der Waals surface area contributed by atoms with Crippen molar-refractivity contribution in [2.24, 2.45) is 0 Å². The summed E-state index contributed by atoms with van der Waals surface area (Å²) in [4.78, 5) is 17.0. The number of aromatic nitrogens is 1. The monoisotopic (exact) mass is 398 g/mol. The number of aromatic hydroxyl groups is 1. The lowest BCUT2D eigenvalue weighted by molar-refractivity contribution is 0.0948. The summed E-state index contributed by atoms with van der Waals surface area (Å²) in [6, 6.07) is 12.7. The van der Waals surface area contributed by atoms with Crippen LogP contribution >= 0.6 is 11.6 Å². The number of pyridine rings is 1. The zero-order valence-corrected chi connectivity index (χ0v) is 16.6. The third kappa shape index (κ3) is 4.11. The van der Waals surface area contributed by atoms with E-state index in [1.807, 2.05) is 38.1 Å². The molecule has 5 nitrogen and oxygen atoms in total. The molecular weight excluding hydrogens is 376 g/mol. The number of hydrogen-bond acceptors (Lipinski definition) is 4. The van der Waals surface area contributed by atoms with E-state index in [9.17, 15) is 15.0 Å². The van der Waals surface area contributed by atoms with Crippen LogP contribution < -0.4 is 5.32 Å². The minimum atomic E-state index is -0.401. The fourth-order valence-corrected chi connectivity index (χ4v) is 3.34. The van der Waals surface area contributed by atoms with Crippen molar-refractivity contribution in [2.45, 2.75) is 32.2 Å². The molecule has 0 aliphatic carbocycles. The van der Waals surface area contributed by atoms with Crippen LogP contribution in [0.15, 0.2) is 48.7 Å². The van der Waals surface area contributed by atoms with Gasteiger partial charge in [-0.2, -0.15) is 0 Å². The Kier molecular flexibility index (Phi) is 5.87. The van der Waals surface area contributed by atoms with Crippen molar-refractivity contribution >= 4 is 28.4 Å². The number of amides is 1. The Morgan fingerprint density at radius 2 is 1.89 bits per heavy atom. The van der Waals surface area contributed by atoms with Crippen LogP contribution in [0.4, 0.5) is 0 Å². The summed E-state index contributed by atoms with van der Waals surface area (Å²) >= 11 is 5.87. The van der Waals surface area contributed by atoms with Gasteiger partial charge in [-0.3, -0.25) is 9.78 Å². The van der Waals surface area contributed by atoms with E-state index in [1.54, 1.807) is 18.2 Å². The number of nitrogens with zero attached hydrogens (tertiary/aromatic N) is 1. The quantitative estimate of drug-likeness (QED) is 0.581. The van der Waals surface area contributed by atoms with E-state index in [-0.39, 0.29) is 23.3 Å². The van der Waals surface area contributed by atoms with E-state index < -0.39 is 5.91 Å². The predicted octanol–water partition coefficient (Wildman–Crippen LogP) is 4.18. The molecule has 1 aromatic heterocycles. The Hall–Kier alpha value is -2.63. The highest BCUT2D eigenvalue weighted by Crippen LogP contribution is 2.35. The number of aliphatic hydroxyl groups is 1. The van der Waals surface area contributed by atoms with Gasteiger partial charge in [-0.15, -0.1) is 0 Å². The molecule has 1 heterocycles. The summed E-state index contributed by atoms with van der Waals surface area (Å²) in [6.45, 7) is 4.41. The standard InChI is InChI=1S/C22H23ClN2O3/c1-22(2,10-11-26)18-5-3-4-16-19(18)24-13-17(20(16)27)21(28)25-12-14-6-8-15(23)9-7-14/h3-9,13,26H,10-12H2,1-2H3,(H,24,27)(H,25,28). The van der Waals surface area contributed by atoms with Gasteiger partial charge in [0.1, 0.15) is 11.3 Å². The lowest BCUT2D eigenvalue weighted by Crippen LogP contribution is -2.23. The normalized spacial score (nSPS) is 11.6. The number of para-hydroxylation sites is 1. The van der Waals surface area contributed by atoms with E-state index in [0.29, 0.717) is 28.9 Å². The topological polar surface area (TPSA) is 82.5 Å². The van der Waals surface area contributed by atoms with E-state index in [2.05, 4.69) is 10.3 Å². The number of aliphatic hydroxyl groups excluding tert-OH is 1. The molecule has 1 amide bonds. The second kappa shape index (κ2) is 8.17. The van der Waals surface area contributed by atoms with Crippen molar-refractivity contribution in [1.29, 1.82) is 0 Å². The Morgan fingerprint density at radius 1 is 1.18 bits per heavy atom. The molecule has 3 aromatic rings. The van der Waals surface area contributed by atoms with Crippen molar-refractivity contribution in [3.63, 3.8) is 0 Å². The maximum atomic E-state index is 12.6. The SMILES string of the molecule is CC(C)(CCO)c1cccc2c(O)c(C(=O)NCc3ccc(Cl)cc3)cnc12. The molecule has 28 heavy (non-hydrogen) atoms. The molecule has 0 fully saturated rings. The lowest BCUT2D eigenvalue weighted by Gasteiger charge is -2.25. The Balaban J connectivity index is 1.89. The van der Waals surface area contributed by atoms with E-state index in [1.165, 1.54) is 6.20 Å². The fraction of sp³-hybridized carbons (Fsp3) is 0.273. The summed E-state index contributed by atoms with van der Waals surface area (Å²) in [5.41, 5.74) is 2.26. The van der Waals surface area contributed by atoms with Crippen molar-refractivity contribution in [2.75, 3.05) is 6.61 Å². The number of nitrogens with one attached hydrogen (secondary N) is 1. The first kappa shape index (κ1) is 20.1. The molecule has 0 radical (unpaired) electrons. The van der Waals surface area contributed by atoms with Gasteiger partial charge >= 0.3 is 0 Å². The molecule has 0 spiro atoms. The van der Waals surface area contributed by atoms with Crippen LogP contribution in [0.3, 0.4) is 0 Å². The van der Waals surface area contributed by atoms with Gasteiger partial charge in [-0.05, 0) is 41.2 Å². The Morgan fingerprint density at radius 3 is 2.57 bits per heavy atom. The van der Waals surface area contributed by atoms with Crippen molar-refractivity contribution in [3.05, 3.63) is 70.4 Å². The minimum absolute atomic E-state index is 0.0561. The average molecular weight is 399 g/mol. The molecule has 0 unspecified atom stereocenters. The highest BCUT2D eigenvalue weighted by atomic mass is 35.5. The number of carbonyl (C=O) groups excluding carboxylic acids is 1. The number of fused-ring (bicyclic) bond motifs is 1.